The summed E-state index contributed by atoms with van der Waals surface area (Å²) in [6.07, 6.45) is 1.94. The number of ether oxygens (including phenoxy) is 1. The smallest absolute Gasteiger partial charge is 0.337 e. The summed E-state index contributed by atoms with van der Waals surface area (Å²) in [7, 11) is 0. The van der Waals surface area contributed by atoms with E-state index in [4.69, 9.17) is 9.84 Å². The molecule has 0 bridgehead atoms. The molecule has 6 heteroatoms. The zero-order valence-corrected chi connectivity index (χ0v) is 11.3. The fourth-order valence-corrected chi connectivity index (χ4v) is 1.65. The molecule has 0 aromatic carbocycles. The van der Waals surface area contributed by atoms with Gasteiger partial charge >= 0.3 is 5.97 Å². The third kappa shape index (κ3) is 3.94. The molecule has 0 aliphatic heterocycles. The van der Waals surface area contributed by atoms with Crippen molar-refractivity contribution in [1.82, 2.24) is 9.88 Å². The van der Waals surface area contributed by atoms with Crippen molar-refractivity contribution in [3.63, 3.8) is 0 Å². The highest BCUT2D eigenvalue weighted by Gasteiger charge is 2.20. The first-order chi connectivity index (χ1) is 8.99. The Balaban J connectivity index is 2.76. The van der Waals surface area contributed by atoms with Crippen LogP contribution >= 0.6 is 0 Å². The van der Waals surface area contributed by atoms with Gasteiger partial charge in [-0.1, -0.05) is 0 Å². The van der Waals surface area contributed by atoms with Crippen molar-refractivity contribution >= 4 is 11.9 Å². The van der Waals surface area contributed by atoms with Gasteiger partial charge in [-0.3, -0.25) is 9.78 Å². The summed E-state index contributed by atoms with van der Waals surface area (Å²) in [6.45, 7) is 6.63. The molecule has 1 unspecified atom stereocenters. The molecule has 0 spiro atoms. The van der Waals surface area contributed by atoms with Crippen molar-refractivity contribution in [2.24, 2.45) is 0 Å². The van der Waals surface area contributed by atoms with Crippen molar-refractivity contribution in [3.05, 3.63) is 24.0 Å². The van der Waals surface area contributed by atoms with Crippen LogP contribution in [0.1, 0.15) is 31.1 Å². The minimum Gasteiger partial charge on any atom is -0.479 e. The van der Waals surface area contributed by atoms with Gasteiger partial charge in [0, 0.05) is 19.3 Å². The Labute approximate surface area is 112 Å². The van der Waals surface area contributed by atoms with Gasteiger partial charge in [-0.05, 0) is 26.8 Å². The molecular weight excluding hydrogens is 248 g/mol. The fourth-order valence-electron chi connectivity index (χ4n) is 1.65. The van der Waals surface area contributed by atoms with Gasteiger partial charge in [-0.15, -0.1) is 0 Å². The number of likely N-dealkylation sites (N-methyl/N-ethyl adjacent to an activating group) is 1. The zero-order chi connectivity index (χ0) is 14.4. The summed E-state index contributed by atoms with van der Waals surface area (Å²) in [6, 6.07) is 1.35. The van der Waals surface area contributed by atoms with Gasteiger partial charge in [-0.2, -0.15) is 0 Å². The van der Waals surface area contributed by atoms with Crippen LogP contribution < -0.4 is 4.74 Å². The predicted molar refractivity (Wildman–Crippen MR) is 69.2 cm³/mol. The van der Waals surface area contributed by atoms with E-state index in [1.165, 1.54) is 18.5 Å². The monoisotopic (exact) mass is 266 g/mol. The Bertz CT molecular complexity index is 458. The van der Waals surface area contributed by atoms with Gasteiger partial charge in [0.2, 0.25) is 0 Å². The summed E-state index contributed by atoms with van der Waals surface area (Å²) in [5, 5.41) is 8.85. The average molecular weight is 266 g/mol. The molecule has 1 aromatic heterocycles. The van der Waals surface area contributed by atoms with E-state index in [9.17, 15) is 9.59 Å². The van der Waals surface area contributed by atoms with E-state index in [-0.39, 0.29) is 17.2 Å². The number of hydrogen-bond donors (Lipinski definition) is 1. The molecule has 0 saturated heterocycles. The maximum atomic E-state index is 12.0. The molecule has 0 fully saturated rings. The van der Waals surface area contributed by atoms with Gasteiger partial charge in [0.05, 0.1) is 11.8 Å². The van der Waals surface area contributed by atoms with Gasteiger partial charge in [0.25, 0.3) is 5.91 Å². The van der Waals surface area contributed by atoms with Crippen LogP contribution in [0.4, 0.5) is 0 Å². The quantitative estimate of drug-likeness (QED) is 0.842. The van der Waals surface area contributed by atoms with Crippen molar-refractivity contribution in [3.8, 4) is 5.75 Å². The molecule has 1 atom stereocenters. The molecule has 19 heavy (non-hydrogen) atoms. The molecule has 1 heterocycles. The van der Waals surface area contributed by atoms with Crippen molar-refractivity contribution in [1.29, 1.82) is 0 Å². The summed E-state index contributed by atoms with van der Waals surface area (Å²) >= 11 is 0. The van der Waals surface area contributed by atoms with E-state index >= 15 is 0 Å². The minimum absolute atomic E-state index is 0.0278. The Morgan fingerprint density at radius 1 is 1.37 bits per heavy atom. The molecule has 0 saturated carbocycles. The summed E-state index contributed by atoms with van der Waals surface area (Å²) in [5.74, 6) is -0.945. The highest BCUT2D eigenvalue weighted by Crippen LogP contribution is 2.14. The maximum absolute atomic E-state index is 12.0. The Morgan fingerprint density at radius 3 is 2.53 bits per heavy atom. The van der Waals surface area contributed by atoms with Crippen LogP contribution in [-0.2, 0) is 4.79 Å². The number of aromatic carboxylic acids is 1. The third-order valence-corrected chi connectivity index (χ3v) is 2.70. The second-order valence-corrected chi connectivity index (χ2v) is 3.99. The Hall–Kier alpha value is -2.11. The van der Waals surface area contributed by atoms with E-state index in [1.807, 2.05) is 13.8 Å². The van der Waals surface area contributed by atoms with E-state index < -0.39 is 12.1 Å². The first-order valence-corrected chi connectivity index (χ1v) is 6.13. The summed E-state index contributed by atoms with van der Waals surface area (Å²) in [4.78, 5) is 28.2. The van der Waals surface area contributed by atoms with Crippen molar-refractivity contribution in [2.45, 2.75) is 26.9 Å². The number of hydrogen-bond acceptors (Lipinski definition) is 4. The topological polar surface area (TPSA) is 79.7 Å². The third-order valence-electron chi connectivity index (χ3n) is 2.70. The molecule has 0 radical (unpaired) electrons. The van der Waals surface area contributed by atoms with Crippen LogP contribution in [0.3, 0.4) is 0 Å². The van der Waals surface area contributed by atoms with Crippen LogP contribution in [0.25, 0.3) is 0 Å². The van der Waals surface area contributed by atoms with Crippen LogP contribution in [0.15, 0.2) is 18.5 Å². The standard InChI is InChI=1S/C13H18N2O4/c1-4-15(5-2)12(16)9(3)19-11-6-10(13(17)18)7-14-8-11/h6-9H,4-5H2,1-3H3,(H,17,18). The van der Waals surface area contributed by atoms with Gasteiger partial charge in [0.15, 0.2) is 6.10 Å². The average Bonchev–Trinajstić information content (AvgIpc) is 2.40. The zero-order valence-electron chi connectivity index (χ0n) is 11.3. The van der Waals surface area contributed by atoms with E-state index in [2.05, 4.69) is 4.98 Å². The number of carbonyl (C=O) groups excluding carboxylic acids is 1. The molecule has 1 N–H and O–H groups in total. The lowest BCUT2D eigenvalue weighted by Gasteiger charge is -2.23. The van der Waals surface area contributed by atoms with E-state index in [0.717, 1.165) is 0 Å². The molecule has 6 nitrogen and oxygen atoms in total. The number of carbonyl (C=O) groups is 2. The molecular formula is C13H18N2O4. The number of rotatable bonds is 6. The lowest BCUT2D eigenvalue weighted by molar-refractivity contribution is -0.137. The number of carboxylic acids is 1. The number of amides is 1. The maximum Gasteiger partial charge on any atom is 0.337 e. The normalized spacial score (nSPS) is 11.7. The molecule has 1 aromatic rings. The van der Waals surface area contributed by atoms with Crippen LogP contribution in [-0.4, -0.2) is 46.1 Å². The van der Waals surface area contributed by atoms with Crippen LogP contribution in [0.5, 0.6) is 5.75 Å². The van der Waals surface area contributed by atoms with Crippen molar-refractivity contribution < 1.29 is 19.4 Å². The highest BCUT2D eigenvalue weighted by atomic mass is 16.5. The van der Waals surface area contributed by atoms with Gasteiger partial charge in [-0.25, -0.2) is 4.79 Å². The largest absolute Gasteiger partial charge is 0.479 e. The summed E-state index contributed by atoms with van der Waals surface area (Å²) in [5.41, 5.74) is 0.0278. The van der Waals surface area contributed by atoms with Crippen LogP contribution in [0, 0.1) is 0 Å². The first kappa shape index (κ1) is 14.9. The van der Waals surface area contributed by atoms with Crippen LogP contribution in [0.2, 0.25) is 0 Å². The van der Waals surface area contributed by atoms with Crippen molar-refractivity contribution in [2.75, 3.05) is 13.1 Å². The lowest BCUT2D eigenvalue weighted by atomic mass is 10.2. The Morgan fingerprint density at radius 2 is 2.00 bits per heavy atom. The predicted octanol–water partition coefficient (Wildman–Crippen LogP) is 1.42. The number of pyridine rings is 1. The van der Waals surface area contributed by atoms with E-state index in [0.29, 0.717) is 13.1 Å². The number of nitrogens with zero attached hydrogens (tertiary/aromatic N) is 2. The molecule has 1 amide bonds. The second-order valence-electron chi connectivity index (χ2n) is 3.99. The number of carboxylic acid groups (broad SMARTS) is 1. The fraction of sp³-hybridized carbons (Fsp3) is 0.462. The molecule has 0 aliphatic rings. The van der Waals surface area contributed by atoms with Gasteiger partial charge in [0.1, 0.15) is 5.75 Å². The lowest BCUT2D eigenvalue weighted by Crippen LogP contribution is -2.40. The summed E-state index contributed by atoms with van der Waals surface area (Å²) < 4.78 is 5.43. The number of aromatic nitrogens is 1. The van der Waals surface area contributed by atoms with Gasteiger partial charge < -0.3 is 14.7 Å². The highest BCUT2D eigenvalue weighted by molar-refractivity contribution is 5.87. The second kappa shape index (κ2) is 6.72. The van der Waals surface area contributed by atoms with E-state index in [1.54, 1.807) is 11.8 Å². The first-order valence-electron chi connectivity index (χ1n) is 6.13. The minimum atomic E-state index is -1.08. The molecule has 1 rings (SSSR count). The Kier molecular flexibility index (Phi) is 5.29. The molecule has 104 valence electrons. The molecule has 0 aliphatic carbocycles. The SMILES string of the molecule is CCN(CC)C(=O)C(C)Oc1cncc(C(=O)O)c1.